The molecule has 0 aromatic heterocycles. The Bertz CT molecular complexity index is 612. The SMILES string of the molecule is CCOC(=O)/C(C=N[C@@H]1CCCC[C@H]1N=C/C(C(=O)OCC)=C(/C)O)=C(\C)O. The molecular weight excluding hydrogens is 364 g/mol. The van der Waals surface area contributed by atoms with E-state index in [0.29, 0.717) is 0 Å². The minimum Gasteiger partial charge on any atom is -0.512 e. The van der Waals surface area contributed by atoms with Crippen molar-refractivity contribution in [3.8, 4) is 0 Å². The van der Waals surface area contributed by atoms with Crippen LogP contribution >= 0.6 is 0 Å². The summed E-state index contributed by atoms with van der Waals surface area (Å²) in [5.74, 6) is -1.60. The van der Waals surface area contributed by atoms with Gasteiger partial charge in [-0.3, -0.25) is 9.98 Å². The monoisotopic (exact) mass is 394 g/mol. The Labute approximate surface area is 165 Å². The van der Waals surface area contributed by atoms with Crippen molar-refractivity contribution in [3.05, 3.63) is 22.7 Å². The first-order valence-electron chi connectivity index (χ1n) is 9.52. The molecule has 1 aliphatic rings. The number of allylic oxidation sites excluding steroid dienone is 2. The maximum Gasteiger partial charge on any atom is 0.343 e. The van der Waals surface area contributed by atoms with Crippen molar-refractivity contribution in [2.24, 2.45) is 9.98 Å². The normalized spacial score (nSPS) is 22.0. The third-order valence-electron chi connectivity index (χ3n) is 4.25. The number of ether oxygens (including phenoxy) is 2. The lowest BCUT2D eigenvalue weighted by atomic mass is 9.91. The Balaban J connectivity index is 3.00. The van der Waals surface area contributed by atoms with Crippen molar-refractivity contribution in [2.45, 2.75) is 65.5 Å². The molecule has 1 fully saturated rings. The van der Waals surface area contributed by atoms with E-state index in [9.17, 15) is 19.8 Å². The molecule has 1 saturated carbocycles. The summed E-state index contributed by atoms with van der Waals surface area (Å²) in [4.78, 5) is 32.7. The van der Waals surface area contributed by atoms with Crippen LogP contribution in [0.3, 0.4) is 0 Å². The van der Waals surface area contributed by atoms with Crippen LogP contribution in [0.25, 0.3) is 0 Å². The van der Waals surface area contributed by atoms with Crippen LogP contribution in [0.1, 0.15) is 53.4 Å². The van der Waals surface area contributed by atoms with Crippen LogP contribution in [0.4, 0.5) is 0 Å². The molecule has 1 rings (SSSR count). The number of hydrogen-bond acceptors (Lipinski definition) is 8. The zero-order valence-corrected chi connectivity index (χ0v) is 17.0. The summed E-state index contributed by atoms with van der Waals surface area (Å²) in [5, 5.41) is 19.5. The molecule has 0 bridgehead atoms. The largest absolute Gasteiger partial charge is 0.512 e. The molecule has 0 unspecified atom stereocenters. The Kier molecular flexibility index (Phi) is 9.98. The Morgan fingerprint density at radius 3 is 1.50 bits per heavy atom. The summed E-state index contributed by atoms with van der Waals surface area (Å²) < 4.78 is 9.85. The number of aliphatic imine (C=N–C) groups is 2. The van der Waals surface area contributed by atoms with Gasteiger partial charge in [0.25, 0.3) is 0 Å². The van der Waals surface area contributed by atoms with Crippen molar-refractivity contribution in [3.63, 3.8) is 0 Å². The average Bonchev–Trinajstić information content (AvgIpc) is 2.63. The van der Waals surface area contributed by atoms with Gasteiger partial charge in [0.2, 0.25) is 0 Å². The van der Waals surface area contributed by atoms with E-state index in [2.05, 4.69) is 9.98 Å². The molecule has 2 N–H and O–H groups in total. The van der Waals surface area contributed by atoms with E-state index in [4.69, 9.17) is 9.47 Å². The molecule has 0 spiro atoms. The first kappa shape index (κ1) is 23.4. The third-order valence-corrected chi connectivity index (χ3v) is 4.25. The minimum atomic E-state index is -0.634. The molecule has 0 saturated heterocycles. The molecule has 8 heteroatoms. The van der Waals surface area contributed by atoms with Crippen LogP contribution in [0.2, 0.25) is 0 Å². The minimum absolute atomic E-state index is 0.00784. The molecule has 0 heterocycles. The zero-order chi connectivity index (χ0) is 21.1. The Morgan fingerprint density at radius 2 is 1.21 bits per heavy atom. The second-order valence-corrected chi connectivity index (χ2v) is 6.41. The summed E-state index contributed by atoms with van der Waals surface area (Å²) in [7, 11) is 0. The van der Waals surface area contributed by atoms with Gasteiger partial charge in [0, 0.05) is 12.4 Å². The van der Waals surface area contributed by atoms with Crippen LogP contribution in [-0.4, -0.2) is 59.9 Å². The Morgan fingerprint density at radius 1 is 0.857 bits per heavy atom. The molecular formula is C20H30N2O6. The lowest BCUT2D eigenvalue weighted by Gasteiger charge is -2.25. The number of rotatable bonds is 8. The highest BCUT2D eigenvalue weighted by atomic mass is 16.5. The molecule has 8 nitrogen and oxygen atoms in total. The standard InChI is InChI=1S/C20H30N2O6/c1-5-27-19(25)15(13(3)23)11-21-17-9-7-8-10-18(17)22-12-16(14(4)24)20(26)28-6-2/h11-12,17-18,23-24H,5-10H2,1-4H3/b15-13+,16-14+,21-11?,22-12?/t17-,18-/m1/s1. The fourth-order valence-electron chi connectivity index (χ4n) is 2.79. The van der Waals surface area contributed by atoms with Crippen molar-refractivity contribution < 1.29 is 29.3 Å². The second-order valence-electron chi connectivity index (χ2n) is 6.41. The quantitative estimate of drug-likeness (QED) is 0.282. The van der Waals surface area contributed by atoms with Gasteiger partial charge in [-0.2, -0.15) is 0 Å². The average molecular weight is 394 g/mol. The first-order valence-corrected chi connectivity index (χ1v) is 9.52. The molecule has 28 heavy (non-hydrogen) atoms. The van der Waals surface area contributed by atoms with Gasteiger partial charge in [0.1, 0.15) is 22.7 Å². The maximum absolute atomic E-state index is 11.9. The number of nitrogens with zero attached hydrogens (tertiary/aromatic N) is 2. The van der Waals surface area contributed by atoms with Gasteiger partial charge < -0.3 is 19.7 Å². The van der Waals surface area contributed by atoms with E-state index in [0.717, 1.165) is 25.7 Å². The predicted octanol–water partition coefficient (Wildman–Crippen LogP) is 3.23. The maximum atomic E-state index is 11.9. The van der Waals surface area contributed by atoms with Gasteiger partial charge in [-0.15, -0.1) is 0 Å². The lowest BCUT2D eigenvalue weighted by molar-refractivity contribution is -0.139. The zero-order valence-electron chi connectivity index (χ0n) is 17.0. The van der Waals surface area contributed by atoms with Crippen LogP contribution < -0.4 is 0 Å². The molecule has 1 aliphatic carbocycles. The van der Waals surface area contributed by atoms with E-state index >= 15 is 0 Å². The summed E-state index contributed by atoms with van der Waals surface area (Å²) >= 11 is 0. The highest BCUT2D eigenvalue weighted by molar-refractivity contribution is 6.10. The summed E-state index contributed by atoms with van der Waals surface area (Å²) in [6, 6.07) is -0.424. The summed E-state index contributed by atoms with van der Waals surface area (Å²) in [6.07, 6.45) is 6.09. The summed E-state index contributed by atoms with van der Waals surface area (Å²) in [5.41, 5.74) is 0.0157. The van der Waals surface area contributed by atoms with Gasteiger partial charge >= 0.3 is 11.9 Å². The number of carbonyl (C=O) groups is 2. The van der Waals surface area contributed by atoms with E-state index in [1.54, 1.807) is 13.8 Å². The van der Waals surface area contributed by atoms with Crippen LogP contribution in [0, 0.1) is 0 Å². The molecule has 0 aromatic rings. The van der Waals surface area contributed by atoms with E-state index in [1.165, 1.54) is 26.3 Å². The van der Waals surface area contributed by atoms with Gasteiger partial charge in [-0.25, -0.2) is 9.59 Å². The van der Waals surface area contributed by atoms with Crippen molar-refractivity contribution >= 4 is 24.4 Å². The number of aliphatic hydroxyl groups excluding tert-OH is 2. The summed E-state index contributed by atoms with van der Waals surface area (Å²) in [6.45, 7) is 6.56. The van der Waals surface area contributed by atoms with Gasteiger partial charge in [-0.1, -0.05) is 12.8 Å². The molecule has 0 radical (unpaired) electrons. The van der Waals surface area contributed by atoms with Crippen molar-refractivity contribution in [1.82, 2.24) is 0 Å². The van der Waals surface area contributed by atoms with Crippen LogP contribution in [0.15, 0.2) is 32.6 Å². The number of hydrogen-bond donors (Lipinski definition) is 2. The van der Waals surface area contributed by atoms with Crippen LogP contribution in [0.5, 0.6) is 0 Å². The third kappa shape index (κ3) is 7.17. The van der Waals surface area contributed by atoms with Crippen molar-refractivity contribution in [2.75, 3.05) is 13.2 Å². The topological polar surface area (TPSA) is 118 Å². The van der Waals surface area contributed by atoms with E-state index in [1.807, 2.05) is 0 Å². The van der Waals surface area contributed by atoms with Gasteiger partial charge in [-0.05, 0) is 40.5 Å². The van der Waals surface area contributed by atoms with E-state index in [-0.39, 0.29) is 48.0 Å². The molecule has 156 valence electrons. The van der Waals surface area contributed by atoms with E-state index < -0.39 is 11.9 Å². The lowest BCUT2D eigenvalue weighted by Crippen LogP contribution is -2.28. The van der Waals surface area contributed by atoms with Crippen LogP contribution in [-0.2, 0) is 19.1 Å². The van der Waals surface area contributed by atoms with Gasteiger partial charge in [0.05, 0.1) is 25.3 Å². The second kappa shape index (κ2) is 11.9. The first-order chi connectivity index (χ1) is 13.3. The molecule has 0 aromatic carbocycles. The number of aliphatic hydroxyl groups is 2. The number of carbonyl (C=O) groups excluding carboxylic acids is 2. The molecule has 2 atom stereocenters. The Hall–Kier alpha value is -2.64. The molecule has 0 amide bonds. The molecule has 0 aliphatic heterocycles. The smallest absolute Gasteiger partial charge is 0.343 e. The highest BCUT2D eigenvalue weighted by Crippen LogP contribution is 2.24. The predicted molar refractivity (Wildman–Crippen MR) is 107 cm³/mol. The highest BCUT2D eigenvalue weighted by Gasteiger charge is 2.25. The number of esters is 2. The fourth-order valence-corrected chi connectivity index (χ4v) is 2.79. The fraction of sp³-hybridized carbons (Fsp3) is 0.600. The van der Waals surface area contributed by atoms with Gasteiger partial charge in [0.15, 0.2) is 0 Å². The van der Waals surface area contributed by atoms with Crippen molar-refractivity contribution in [1.29, 1.82) is 0 Å².